The average molecular weight is 344 g/mol. The molecule has 3 rings (SSSR count). The number of nitrogens with two attached hydrogens (primary N) is 1. The highest BCUT2D eigenvalue weighted by atomic mass is 35.5. The van der Waals surface area contributed by atoms with Crippen molar-refractivity contribution in [1.82, 2.24) is 10.1 Å². The van der Waals surface area contributed by atoms with Crippen molar-refractivity contribution in [3.05, 3.63) is 64.4 Å². The lowest BCUT2D eigenvalue weighted by Gasteiger charge is -2.07. The van der Waals surface area contributed by atoms with Gasteiger partial charge in [0.1, 0.15) is 5.75 Å². The van der Waals surface area contributed by atoms with Crippen LogP contribution in [0.25, 0.3) is 11.5 Å². The van der Waals surface area contributed by atoms with Gasteiger partial charge in [-0.1, -0.05) is 34.5 Å². The Balaban J connectivity index is 1.76. The summed E-state index contributed by atoms with van der Waals surface area (Å²) < 4.78 is 10.8. The highest BCUT2D eigenvalue weighted by Gasteiger charge is 2.13. The van der Waals surface area contributed by atoms with Gasteiger partial charge in [0.25, 0.3) is 11.8 Å². The molecular weight excluding hydrogens is 330 g/mol. The molecule has 0 saturated heterocycles. The standard InChI is InChI=1S/C17H14ClN3O3/c1-10-3-2-4-11(7-10)17-20-15(21-24-17)9-23-14-6-5-12(18)8-13(14)16(19)22/h2-8H,9H2,1H3,(H2,19,22). The van der Waals surface area contributed by atoms with Crippen LogP contribution in [0.2, 0.25) is 5.02 Å². The van der Waals surface area contributed by atoms with Gasteiger partial charge in [-0.25, -0.2) is 0 Å². The van der Waals surface area contributed by atoms with E-state index in [1.54, 1.807) is 12.1 Å². The zero-order valence-electron chi connectivity index (χ0n) is 12.8. The molecule has 6 nitrogen and oxygen atoms in total. The zero-order valence-corrected chi connectivity index (χ0v) is 13.6. The maximum atomic E-state index is 11.4. The number of amides is 1. The van der Waals surface area contributed by atoms with Crippen molar-refractivity contribution in [1.29, 1.82) is 0 Å². The first-order valence-electron chi connectivity index (χ1n) is 7.15. The molecule has 2 N–H and O–H groups in total. The number of benzene rings is 2. The summed E-state index contributed by atoms with van der Waals surface area (Å²) in [4.78, 5) is 15.7. The molecule has 122 valence electrons. The number of ether oxygens (including phenoxy) is 1. The van der Waals surface area contributed by atoms with Crippen LogP contribution in [-0.4, -0.2) is 16.0 Å². The van der Waals surface area contributed by atoms with Gasteiger partial charge in [-0.15, -0.1) is 0 Å². The summed E-state index contributed by atoms with van der Waals surface area (Å²) in [5.41, 5.74) is 7.44. The van der Waals surface area contributed by atoms with Crippen LogP contribution < -0.4 is 10.5 Å². The largest absolute Gasteiger partial charge is 0.485 e. The van der Waals surface area contributed by atoms with Crippen LogP contribution in [0.1, 0.15) is 21.7 Å². The van der Waals surface area contributed by atoms with E-state index in [9.17, 15) is 4.79 Å². The van der Waals surface area contributed by atoms with Gasteiger partial charge in [-0.2, -0.15) is 4.98 Å². The molecule has 1 aromatic heterocycles. The normalized spacial score (nSPS) is 10.6. The highest BCUT2D eigenvalue weighted by Crippen LogP contribution is 2.24. The van der Waals surface area contributed by atoms with Gasteiger partial charge >= 0.3 is 0 Å². The molecule has 0 saturated carbocycles. The number of halogens is 1. The van der Waals surface area contributed by atoms with Crippen LogP contribution in [-0.2, 0) is 6.61 Å². The van der Waals surface area contributed by atoms with Crippen molar-refractivity contribution >= 4 is 17.5 Å². The van der Waals surface area contributed by atoms with Crippen molar-refractivity contribution in [2.75, 3.05) is 0 Å². The van der Waals surface area contributed by atoms with Gasteiger partial charge < -0.3 is 15.0 Å². The van der Waals surface area contributed by atoms with Crippen LogP contribution in [0.5, 0.6) is 5.75 Å². The number of carbonyl (C=O) groups excluding carboxylic acids is 1. The Labute approximate surface area is 143 Å². The van der Waals surface area contributed by atoms with E-state index < -0.39 is 5.91 Å². The Hall–Kier alpha value is -2.86. The first kappa shape index (κ1) is 16.0. The van der Waals surface area contributed by atoms with Crippen LogP contribution in [0.4, 0.5) is 0 Å². The summed E-state index contributed by atoms with van der Waals surface area (Å²) in [6.45, 7) is 2.02. The Morgan fingerprint density at radius 2 is 2.12 bits per heavy atom. The number of hydrogen-bond donors (Lipinski definition) is 1. The summed E-state index contributed by atoms with van der Waals surface area (Å²) in [5.74, 6) is 0.454. The third-order valence-corrected chi connectivity index (χ3v) is 3.53. The molecule has 3 aromatic rings. The van der Waals surface area contributed by atoms with E-state index in [2.05, 4.69) is 10.1 Å². The maximum absolute atomic E-state index is 11.4. The van der Waals surface area contributed by atoms with Crippen LogP contribution >= 0.6 is 11.6 Å². The summed E-state index contributed by atoms with van der Waals surface area (Å²) >= 11 is 5.86. The van der Waals surface area contributed by atoms with E-state index in [1.807, 2.05) is 31.2 Å². The number of carbonyl (C=O) groups is 1. The molecule has 24 heavy (non-hydrogen) atoms. The second-order valence-electron chi connectivity index (χ2n) is 5.18. The van der Waals surface area contributed by atoms with Crippen LogP contribution in [0.15, 0.2) is 47.0 Å². The van der Waals surface area contributed by atoms with E-state index in [4.69, 9.17) is 26.6 Å². The van der Waals surface area contributed by atoms with Crippen molar-refractivity contribution < 1.29 is 14.1 Å². The van der Waals surface area contributed by atoms with Gasteiger partial charge in [-0.3, -0.25) is 4.79 Å². The lowest BCUT2D eigenvalue weighted by molar-refractivity contribution is 0.0995. The molecule has 2 aromatic carbocycles. The van der Waals surface area contributed by atoms with E-state index in [1.165, 1.54) is 6.07 Å². The van der Waals surface area contributed by atoms with E-state index in [0.29, 0.717) is 22.5 Å². The molecule has 0 radical (unpaired) electrons. The molecule has 0 atom stereocenters. The predicted molar refractivity (Wildman–Crippen MR) is 88.8 cm³/mol. The Morgan fingerprint density at radius 3 is 2.88 bits per heavy atom. The zero-order chi connectivity index (χ0) is 17.1. The Bertz CT molecular complexity index is 892. The van der Waals surface area contributed by atoms with Crippen LogP contribution in [0, 0.1) is 6.92 Å². The number of aryl methyl sites for hydroxylation is 1. The lowest BCUT2D eigenvalue weighted by Crippen LogP contribution is -2.13. The number of nitrogens with zero attached hydrogens (tertiary/aromatic N) is 2. The van der Waals surface area contributed by atoms with Gasteiger partial charge in [0.2, 0.25) is 5.82 Å². The summed E-state index contributed by atoms with van der Waals surface area (Å²) in [5, 5.41) is 4.28. The van der Waals surface area contributed by atoms with Crippen molar-refractivity contribution in [2.45, 2.75) is 13.5 Å². The fourth-order valence-corrected chi connectivity index (χ4v) is 2.34. The van der Waals surface area contributed by atoms with E-state index >= 15 is 0 Å². The molecule has 0 bridgehead atoms. The minimum Gasteiger partial charge on any atom is -0.485 e. The number of rotatable bonds is 5. The van der Waals surface area contributed by atoms with Crippen molar-refractivity contribution in [3.8, 4) is 17.2 Å². The third-order valence-electron chi connectivity index (χ3n) is 3.30. The number of primary amides is 1. The summed E-state index contributed by atoms with van der Waals surface area (Å²) in [6, 6.07) is 12.4. The second kappa shape index (κ2) is 6.72. The third kappa shape index (κ3) is 3.55. The Morgan fingerprint density at radius 1 is 1.29 bits per heavy atom. The SMILES string of the molecule is Cc1cccc(-c2nc(COc3ccc(Cl)cc3C(N)=O)no2)c1. The quantitative estimate of drug-likeness (QED) is 0.766. The minimum absolute atomic E-state index is 0.0389. The first-order chi connectivity index (χ1) is 11.5. The van der Waals surface area contributed by atoms with Crippen LogP contribution in [0.3, 0.4) is 0 Å². The molecule has 1 amide bonds. The van der Waals surface area contributed by atoms with Gasteiger partial charge in [0.05, 0.1) is 5.56 Å². The molecule has 0 aliphatic carbocycles. The second-order valence-corrected chi connectivity index (χ2v) is 5.62. The predicted octanol–water partition coefficient (Wildman–Crippen LogP) is 3.38. The first-order valence-corrected chi connectivity index (χ1v) is 7.52. The maximum Gasteiger partial charge on any atom is 0.258 e. The van der Waals surface area contributed by atoms with Gasteiger partial charge in [0, 0.05) is 10.6 Å². The highest BCUT2D eigenvalue weighted by molar-refractivity contribution is 6.31. The molecule has 0 spiro atoms. The van der Waals surface area contributed by atoms with E-state index in [-0.39, 0.29) is 12.2 Å². The molecule has 1 heterocycles. The average Bonchev–Trinajstić information content (AvgIpc) is 3.02. The molecule has 0 aliphatic heterocycles. The molecule has 7 heteroatoms. The van der Waals surface area contributed by atoms with E-state index in [0.717, 1.165) is 11.1 Å². The fourth-order valence-electron chi connectivity index (χ4n) is 2.17. The summed E-state index contributed by atoms with van der Waals surface area (Å²) in [6.07, 6.45) is 0. The topological polar surface area (TPSA) is 91.2 Å². The fraction of sp³-hybridized carbons (Fsp3) is 0.118. The van der Waals surface area contributed by atoms with Gasteiger partial charge in [-0.05, 0) is 37.3 Å². The van der Waals surface area contributed by atoms with Gasteiger partial charge in [0.15, 0.2) is 6.61 Å². The molecular formula is C17H14ClN3O3. The van der Waals surface area contributed by atoms with Crippen molar-refractivity contribution in [2.24, 2.45) is 5.73 Å². The Kier molecular flexibility index (Phi) is 4.48. The number of aromatic nitrogens is 2. The molecule has 0 fully saturated rings. The number of hydrogen-bond acceptors (Lipinski definition) is 5. The van der Waals surface area contributed by atoms with Crippen molar-refractivity contribution in [3.63, 3.8) is 0 Å². The lowest BCUT2D eigenvalue weighted by atomic mass is 10.1. The smallest absolute Gasteiger partial charge is 0.258 e. The minimum atomic E-state index is -0.624. The summed E-state index contributed by atoms with van der Waals surface area (Å²) in [7, 11) is 0. The molecule has 0 unspecified atom stereocenters. The monoisotopic (exact) mass is 343 g/mol. The molecule has 0 aliphatic rings.